The average molecular weight is 364 g/mol. The predicted octanol–water partition coefficient (Wildman–Crippen LogP) is 3.71. The molecule has 4 nitrogen and oxygen atoms in total. The lowest BCUT2D eigenvalue weighted by molar-refractivity contribution is -0.274. The Bertz CT molecular complexity index is 876. The first-order chi connectivity index (χ1) is 12.4. The van der Waals surface area contributed by atoms with Crippen LogP contribution in [-0.4, -0.2) is 35.7 Å². The molecule has 2 atom stereocenters. The van der Waals surface area contributed by atoms with Crippen LogP contribution in [0.4, 0.5) is 13.2 Å². The molecule has 0 aliphatic rings. The van der Waals surface area contributed by atoms with E-state index >= 15 is 0 Å². The molecule has 2 N–H and O–H groups in total. The number of ether oxygens (including phenoxy) is 1. The summed E-state index contributed by atoms with van der Waals surface area (Å²) in [4.78, 5) is 0. The summed E-state index contributed by atoms with van der Waals surface area (Å²) in [5.74, 6) is -0.312. The van der Waals surface area contributed by atoms with E-state index in [2.05, 4.69) is 10.1 Å². The number of hydrogen-bond acceptors (Lipinski definition) is 3. The van der Waals surface area contributed by atoms with E-state index in [-0.39, 0.29) is 12.3 Å². The van der Waals surface area contributed by atoms with E-state index < -0.39 is 18.5 Å². The van der Waals surface area contributed by atoms with Crippen LogP contribution in [-0.2, 0) is 0 Å². The van der Waals surface area contributed by atoms with Gasteiger partial charge < -0.3 is 19.7 Å². The first-order valence-corrected chi connectivity index (χ1v) is 8.13. The Labute approximate surface area is 148 Å². The number of likely N-dealkylation sites (N-methyl/N-ethyl adjacent to an activating group) is 1. The fourth-order valence-corrected chi connectivity index (χ4v) is 3.13. The molecule has 26 heavy (non-hydrogen) atoms. The number of rotatable bonds is 6. The Morgan fingerprint density at radius 3 is 2.62 bits per heavy atom. The molecule has 1 heterocycles. The third kappa shape index (κ3) is 4.00. The number of benzene rings is 2. The predicted molar refractivity (Wildman–Crippen MR) is 93.1 cm³/mol. The second-order valence-corrected chi connectivity index (χ2v) is 5.97. The minimum Gasteiger partial charge on any atom is -0.406 e. The molecule has 0 fully saturated rings. The molecular formula is C19H19F3N2O2. The number of halogens is 3. The van der Waals surface area contributed by atoms with Crippen molar-refractivity contribution < 1.29 is 23.0 Å². The summed E-state index contributed by atoms with van der Waals surface area (Å²) in [6, 6.07) is 14.7. The van der Waals surface area contributed by atoms with Gasteiger partial charge >= 0.3 is 6.36 Å². The van der Waals surface area contributed by atoms with Gasteiger partial charge in [0, 0.05) is 18.3 Å². The summed E-state index contributed by atoms with van der Waals surface area (Å²) < 4.78 is 43.5. The molecule has 1 aromatic heterocycles. The molecule has 3 aromatic rings. The summed E-state index contributed by atoms with van der Waals surface area (Å²) in [6.07, 6.45) is -3.79. The SMILES string of the molecule is CNC[C@@H](O)[C@H](c1cccc(OC(F)(F)F)c1)n1ccc2ccccc21. The highest BCUT2D eigenvalue weighted by atomic mass is 19.4. The highest BCUT2D eigenvalue weighted by molar-refractivity contribution is 5.80. The number of para-hydroxylation sites is 1. The third-order valence-electron chi connectivity index (χ3n) is 4.14. The third-order valence-corrected chi connectivity index (χ3v) is 4.14. The fourth-order valence-electron chi connectivity index (χ4n) is 3.13. The zero-order valence-corrected chi connectivity index (χ0v) is 14.1. The largest absolute Gasteiger partial charge is 0.573 e. The summed E-state index contributed by atoms with van der Waals surface area (Å²) in [7, 11) is 1.71. The summed E-state index contributed by atoms with van der Waals surface area (Å²) in [5.41, 5.74) is 1.41. The molecule has 0 saturated carbocycles. The van der Waals surface area contributed by atoms with Crippen LogP contribution < -0.4 is 10.1 Å². The first kappa shape index (κ1) is 18.3. The maximum atomic E-state index is 12.5. The first-order valence-electron chi connectivity index (χ1n) is 8.13. The molecule has 0 aliphatic carbocycles. The average Bonchev–Trinajstić information content (AvgIpc) is 2.98. The Morgan fingerprint density at radius 2 is 1.88 bits per heavy atom. The molecule has 3 rings (SSSR count). The number of aliphatic hydroxyl groups is 1. The van der Waals surface area contributed by atoms with E-state index in [4.69, 9.17) is 0 Å². The normalized spacial score (nSPS) is 14.3. The Hall–Kier alpha value is -2.51. The van der Waals surface area contributed by atoms with Gasteiger partial charge in [-0.2, -0.15) is 0 Å². The second-order valence-electron chi connectivity index (χ2n) is 5.97. The maximum Gasteiger partial charge on any atom is 0.573 e. The molecule has 138 valence electrons. The number of hydrogen-bond donors (Lipinski definition) is 2. The lowest BCUT2D eigenvalue weighted by Crippen LogP contribution is -2.33. The number of nitrogens with one attached hydrogen (secondary N) is 1. The van der Waals surface area contributed by atoms with Crippen LogP contribution in [0.1, 0.15) is 11.6 Å². The standard InChI is InChI=1S/C19H19F3N2O2/c1-23-12-17(25)18(24-10-9-13-5-2-3-8-16(13)24)14-6-4-7-15(11-14)26-19(20,21)22/h2-11,17-18,23,25H,12H2,1H3/t17-,18+/m1/s1. The number of aromatic nitrogens is 1. The van der Waals surface area contributed by atoms with Crippen LogP contribution in [0.25, 0.3) is 10.9 Å². The van der Waals surface area contributed by atoms with Crippen LogP contribution in [0.3, 0.4) is 0 Å². The Balaban J connectivity index is 2.06. The van der Waals surface area contributed by atoms with Crippen LogP contribution in [0.5, 0.6) is 5.75 Å². The molecule has 0 saturated heterocycles. The lowest BCUT2D eigenvalue weighted by Gasteiger charge is -2.26. The van der Waals surface area contributed by atoms with Gasteiger partial charge in [0.15, 0.2) is 0 Å². The number of alkyl halides is 3. The molecule has 2 aromatic carbocycles. The van der Waals surface area contributed by atoms with Gasteiger partial charge in [0.1, 0.15) is 5.75 Å². The number of fused-ring (bicyclic) bond motifs is 1. The zero-order valence-electron chi connectivity index (χ0n) is 14.1. The summed E-state index contributed by atoms with van der Waals surface area (Å²) in [6.45, 7) is 0.279. The van der Waals surface area contributed by atoms with E-state index in [9.17, 15) is 18.3 Å². The Kier molecular flexibility index (Phi) is 5.20. The van der Waals surface area contributed by atoms with Crippen molar-refractivity contribution in [2.24, 2.45) is 0 Å². The highest BCUT2D eigenvalue weighted by Gasteiger charge is 2.32. The smallest absolute Gasteiger partial charge is 0.406 e. The van der Waals surface area contributed by atoms with E-state index in [1.54, 1.807) is 13.1 Å². The molecule has 0 unspecified atom stereocenters. The van der Waals surface area contributed by atoms with Crippen molar-refractivity contribution in [2.45, 2.75) is 18.5 Å². The van der Waals surface area contributed by atoms with Crippen molar-refractivity contribution in [3.8, 4) is 5.75 Å². The van der Waals surface area contributed by atoms with Crippen LogP contribution in [0.15, 0.2) is 60.8 Å². The van der Waals surface area contributed by atoms with Crippen molar-refractivity contribution in [3.05, 3.63) is 66.4 Å². The molecule has 7 heteroatoms. The summed E-state index contributed by atoms with van der Waals surface area (Å²) in [5, 5.41) is 14.6. The molecular weight excluding hydrogens is 345 g/mol. The molecule has 0 radical (unpaired) electrons. The van der Waals surface area contributed by atoms with Crippen molar-refractivity contribution in [3.63, 3.8) is 0 Å². The van der Waals surface area contributed by atoms with Crippen LogP contribution in [0.2, 0.25) is 0 Å². The van der Waals surface area contributed by atoms with E-state index in [1.807, 2.05) is 41.1 Å². The van der Waals surface area contributed by atoms with Gasteiger partial charge in [0.2, 0.25) is 0 Å². The van der Waals surface area contributed by atoms with Gasteiger partial charge in [-0.25, -0.2) is 0 Å². The van der Waals surface area contributed by atoms with Crippen LogP contribution in [0, 0.1) is 0 Å². The van der Waals surface area contributed by atoms with Crippen molar-refractivity contribution >= 4 is 10.9 Å². The number of aliphatic hydroxyl groups excluding tert-OH is 1. The summed E-state index contributed by atoms with van der Waals surface area (Å²) >= 11 is 0. The maximum absolute atomic E-state index is 12.5. The minimum absolute atomic E-state index is 0.279. The van der Waals surface area contributed by atoms with Crippen LogP contribution >= 0.6 is 0 Å². The second kappa shape index (κ2) is 7.39. The van der Waals surface area contributed by atoms with Gasteiger partial charge in [-0.05, 0) is 42.3 Å². The molecule has 0 bridgehead atoms. The lowest BCUT2D eigenvalue weighted by atomic mass is 10.00. The van der Waals surface area contributed by atoms with E-state index in [1.165, 1.54) is 18.2 Å². The quantitative estimate of drug-likeness (QED) is 0.701. The molecule has 0 amide bonds. The number of nitrogens with zero attached hydrogens (tertiary/aromatic N) is 1. The van der Waals surface area contributed by atoms with Gasteiger partial charge in [-0.1, -0.05) is 30.3 Å². The van der Waals surface area contributed by atoms with E-state index in [0.29, 0.717) is 5.56 Å². The van der Waals surface area contributed by atoms with E-state index in [0.717, 1.165) is 10.9 Å². The monoisotopic (exact) mass is 364 g/mol. The highest BCUT2D eigenvalue weighted by Crippen LogP contribution is 2.31. The van der Waals surface area contributed by atoms with Gasteiger partial charge in [-0.3, -0.25) is 0 Å². The van der Waals surface area contributed by atoms with Crippen molar-refractivity contribution in [2.75, 3.05) is 13.6 Å². The topological polar surface area (TPSA) is 46.4 Å². The fraction of sp³-hybridized carbons (Fsp3) is 0.263. The van der Waals surface area contributed by atoms with Crippen molar-refractivity contribution in [1.29, 1.82) is 0 Å². The Morgan fingerprint density at radius 1 is 1.12 bits per heavy atom. The van der Waals surface area contributed by atoms with Gasteiger partial charge in [0.25, 0.3) is 0 Å². The molecule has 0 spiro atoms. The minimum atomic E-state index is -4.77. The van der Waals surface area contributed by atoms with Crippen molar-refractivity contribution in [1.82, 2.24) is 9.88 Å². The van der Waals surface area contributed by atoms with Gasteiger partial charge in [-0.15, -0.1) is 13.2 Å². The zero-order chi connectivity index (χ0) is 18.7. The molecule has 0 aliphatic heterocycles. The van der Waals surface area contributed by atoms with Gasteiger partial charge in [0.05, 0.1) is 12.1 Å².